The number of hydrogen-bond acceptors (Lipinski definition) is 6. The monoisotopic (exact) mass is 356 g/mol. The molecule has 1 aromatic heterocycles. The number of anilines is 1. The zero-order valence-corrected chi connectivity index (χ0v) is 14.6. The van der Waals surface area contributed by atoms with Crippen LogP contribution in [0.15, 0.2) is 42.5 Å². The molecule has 25 heavy (non-hydrogen) atoms. The van der Waals surface area contributed by atoms with Crippen LogP contribution in [0.2, 0.25) is 0 Å². The molecule has 0 radical (unpaired) electrons. The molecule has 0 saturated heterocycles. The molecule has 0 fully saturated rings. The van der Waals surface area contributed by atoms with Gasteiger partial charge in [0.25, 0.3) is 0 Å². The van der Waals surface area contributed by atoms with Gasteiger partial charge in [-0.05, 0) is 24.6 Å². The van der Waals surface area contributed by atoms with E-state index in [1.165, 1.54) is 11.3 Å². The minimum Gasteiger partial charge on any atom is -0.494 e. The van der Waals surface area contributed by atoms with Crippen molar-refractivity contribution in [3.63, 3.8) is 0 Å². The number of methoxy groups -OCH3 is 1. The van der Waals surface area contributed by atoms with Crippen LogP contribution in [0.5, 0.6) is 5.75 Å². The van der Waals surface area contributed by atoms with E-state index in [0.717, 1.165) is 15.8 Å². The van der Waals surface area contributed by atoms with Crippen molar-refractivity contribution in [2.75, 3.05) is 19.0 Å². The van der Waals surface area contributed by atoms with Crippen LogP contribution < -0.4 is 10.1 Å². The molecule has 0 bridgehead atoms. The van der Waals surface area contributed by atoms with Crippen LogP contribution in [-0.2, 0) is 14.3 Å². The van der Waals surface area contributed by atoms with E-state index in [-0.39, 0.29) is 6.61 Å². The second-order valence-electron chi connectivity index (χ2n) is 5.05. The van der Waals surface area contributed by atoms with E-state index in [0.29, 0.717) is 16.4 Å². The molecule has 7 heteroatoms. The molecule has 0 spiro atoms. The number of carbonyl (C=O) groups excluding carboxylic acids is 2. The average Bonchev–Trinajstić information content (AvgIpc) is 3.05. The zero-order chi connectivity index (χ0) is 17.8. The van der Waals surface area contributed by atoms with Gasteiger partial charge >= 0.3 is 11.9 Å². The number of aromatic nitrogens is 1. The van der Waals surface area contributed by atoms with Gasteiger partial charge in [0.2, 0.25) is 0 Å². The number of benzene rings is 2. The number of thiazole rings is 1. The lowest BCUT2D eigenvalue weighted by molar-refractivity contribution is -0.152. The highest BCUT2D eigenvalue weighted by atomic mass is 32.1. The molecule has 0 unspecified atom stereocenters. The van der Waals surface area contributed by atoms with E-state index in [4.69, 9.17) is 4.74 Å². The van der Waals surface area contributed by atoms with Crippen molar-refractivity contribution < 1.29 is 19.1 Å². The van der Waals surface area contributed by atoms with E-state index in [1.807, 2.05) is 42.5 Å². The number of nitrogens with one attached hydrogen (secondary N) is 1. The van der Waals surface area contributed by atoms with Crippen LogP contribution in [0.25, 0.3) is 21.3 Å². The van der Waals surface area contributed by atoms with Crippen LogP contribution in [0.4, 0.5) is 5.13 Å². The van der Waals surface area contributed by atoms with E-state index in [2.05, 4.69) is 15.0 Å². The maximum Gasteiger partial charge on any atom is 0.397 e. The van der Waals surface area contributed by atoms with Crippen LogP contribution in [-0.4, -0.2) is 30.6 Å². The van der Waals surface area contributed by atoms with E-state index in [9.17, 15) is 9.59 Å². The Morgan fingerprint density at radius 1 is 1.16 bits per heavy atom. The van der Waals surface area contributed by atoms with Gasteiger partial charge in [-0.15, -0.1) is 0 Å². The molecule has 1 N–H and O–H groups in total. The van der Waals surface area contributed by atoms with E-state index < -0.39 is 11.9 Å². The molecule has 0 atom stereocenters. The summed E-state index contributed by atoms with van der Waals surface area (Å²) in [6.07, 6.45) is 0. The topological polar surface area (TPSA) is 77.5 Å². The maximum absolute atomic E-state index is 11.8. The fourth-order valence-corrected chi connectivity index (χ4v) is 3.40. The van der Waals surface area contributed by atoms with Crippen molar-refractivity contribution in [1.82, 2.24) is 4.98 Å². The average molecular weight is 356 g/mol. The van der Waals surface area contributed by atoms with Gasteiger partial charge in [0.15, 0.2) is 5.13 Å². The lowest BCUT2D eigenvalue weighted by Gasteiger charge is -2.05. The van der Waals surface area contributed by atoms with Gasteiger partial charge < -0.3 is 9.47 Å². The summed E-state index contributed by atoms with van der Waals surface area (Å²) in [5.41, 5.74) is 2.64. The first kappa shape index (κ1) is 16.9. The van der Waals surface area contributed by atoms with Crippen LogP contribution >= 0.6 is 11.3 Å². The number of fused-ring (bicyclic) bond motifs is 1. The Labute approximate surface area is 148 Å². The van der Waals surface area contributed by atoms with Crippen molar-refractivity contribution in [3.05, 3.63) is 42.5 Å². The molecule has 0 aliphatic rings. The third-order valence-electron chi connectivity index (χ3n) is 3.49. The molecule has 0 saturated carbocycles. The first-order valence-corrected chi connectivity index (χ1v) is 8.46. The molecular formula is C18H16N2O4S. The number of rotatable bonds is 4. The summed E-state index contributed by atoms with van der Waals surface area (Å²) >= 11 is 1.28. The molecule has 0 aliphatic heterocycles. The van der Waals surface area contributed by atoms with Crippen molar-refractivity contribution in [3.8, 4) is 16.9 Å². The predicted octanol–water partition coefficient (Wildman–Crippen LogP) is 3.47. The number of nitrogens with zero attached hydrogens (tertiary/aromatic N) is 1. The Kier molecular flexibility index (Phi) is 4.95. The summed E-state index contributed by atoms with van der Waals surface area (Å²) in [5, 5.41) is 2.80. The summed E-state index contributed by atoms with van der Waals surface area (Å²) in [6.45, 7) is 1.78. The second kappa shape index (κ2) is 7.31. The number of amides is 1. The third-order valence-corrected chi connectivity index (χ3v) is 4.50. The number of carbonyl (C=O) groups is 2. The quantitative estimate of drug-likeness (QED) is 0.572. The smallest absolute Gasteiger partial charge is 0.397 e. The largest absolute Gasteiger partial charge is 0.494 e. The number of ether oxygens (including phenoxy) is 2. The lowest BCUT2D eigenvalue weighted by Crippen LogP contribution is -2.24. The molecular weight excluding hydrogens is 340 g/mol. The summed E-state index contributed by atoms with van der Waals surface area (Å²) in [6, 6.07) is 13.6. The Balaban J connectivity index is 2.03. The lowest BCUT2D eigenvalue weighted by atomic mass is 10.1. The van der Waals surface area contributed by atoms with E-state index >= 15 is 0 Å². The zero-order valence-electron chi connectivity index (χ0n) is 13.7. The van der Waals surface area contributed by atoms with Gasteiger partial charge in [-0.2, -0.15) is 0 Å². The van der Waals surface area contributed by atoms with E-state index in [1.54, 1.807) is 14.0 Å². The van der Waals surface area contributed by atoms with Crippen LogP contribution in [0.1, 0.15) is 6.92 Å². The van der Waals surface area contributed by atoms with Crippen molar-refractivity contribution in [2.24, 2.45) is 0 Å². The van der Waals surface area contributed by atoms with Crippen molar-refractivity contribution >= 4 is 38.6 Å². The minimum atomic E-state index is -0.933. The first-order valence-electron chi connectivity index (χ1n) is 7.65. The van der Waals surface area contributed by atoms with Gasteiger partial charge in [0.05, 0.1) is 18.4 Å². The summed E-state index contributed by atoms with van der Waals surface area (Å²) in [7, 11) is 1.56. The summed E-state index contributed by atoms with van der Waals surface area (Å²) in [4.78, 5) is 27.7. The SMILES string of the molecule is CCOC(=O)C(=O)Nc1nc2c(OC)ccc(-c3ccccc3)c2s1. The van der Waals surface area contributed by atoms with Crippen LogP contribution in [0, 0.1) is 0 Å². The van der Waals surface area contributed by atoms with Crippen LogP contribution in [0.3, 0.4) is 0 Å². The van der Waals surface area contributed by atoms with Gasteiger partial charge in [-0.1, -0.05) is 41.7 Å². The molecule has 1 heterocycles. The predicted molar refractivity (Wildman–Crippen MR) is 96.9 cm³/mol. The van der Waals surface area contributed by atoms with Gasteiger partial charge in [0, 0.05) is 5.56 Å². The first-order chi connectivity index (χ1) is 12.1. The Hall–Kier alpha value is -2.93. The second-order valence-corrected chi connectivity index (χ2v) is 6.05. The number of esters is 1. The fourth-order valence-electron chi connectivity index (χ4n) is 2.39. The van der Waals surface area contributed by atoms with Gasteiger partial charge in [0.1, 0.15) is 11.3 Å². The highest BCUT2D eigenvalue weighted by molar-refractivity contribution is 7.23. The Bertz CT molecular complexity index is 921. The molecule has 3 aromatic rings. The van der Waals surface area contributed by atoms with Gasteiger partial charge in [-0.25, -0.2) is 9.78 Å². The normalized spacial score (nSPS) is 10.5. The standard InChI is InChI=1S/C18H16N2O4S/c1-3-24-17(22)16(21)20-18-19-14-13(23-2)10-9-12(15(14)25-18)11-7-5-4-6-8-11/h4-10H,3H2,1-2H3,(H,19,20,21). The Morgan fingerprint density at radius 2 is 1.92 bits per heavy atom. The Morgan fingerprint density at radius 3 is 2.60 bits per heavy atom. The minimum absolute atomic E-state index is 0.137. The fraction of sp³-hybridized carbons (Fsp3) is 0.167. The molecule has 1 amide bonds. The maximum atomic E-state index is 11.8. The number of hydrogen-bond donors (Lipinski definition) is 1. The third kappa shape index (κ3) is 3.46. The molecule has 2 aromatic carbocycles. The molecule has 128 valence electrons. The molecule has 6 nitrogen and oxygen atoms in total. The summed E-state index contributed by atoms with van der Waals surface area (Å²) in [5.74, 6) is -1.18. The molecule has 3 rings (SSSR count). The summed E-state index contributed by atoms with van der Waals surface area (Å²) < 4.78 is 10.9. The van der Waals surface area contributed by atoms with Crippen molar-refractivity contribution in [2.45, 2.75) is 6.92 Å². The molecule has 0 aliphatic carbocycles. The highest BCUT2D eigenvalue weighted by Crippen LogP contribution is 2.39. The van der Waals surface area contributed by atoms with Crippen molar-refractivity contribution in [1.29, 1.82) is 0 Å². The van der Waals surface area contributed by atoms with Gasteiger partial charge in [-0.3, -0.25) is 10.1 Å². The highest BCUT2D eigenvalue weighted by Gasteiger charge is 2.19.